The molecule has 11 heavy (non-hydrogen) atoms. The lowest BCUT2D eigenvalue weighted by molar-refractivity contribution is 0.510. The minimum atomic E-state index is 0.196. The molecule has 0 aromatic heterocycles. The first-order chi connectivity index (χ1) is 5.22. The van der Waals surface area contributed by atoms with Crippen molar-refractivity contribution in [3.63, 3.8) is 0 Å². The Bertz CT molecular complexity index is 84.5. The van der Waals surface area contributed by atoms with Crippen molar-refractivity contribution in [1.82, 2.24) is 0 Å². The molecule has 0 radical (unpaired) electrons. The molecule has 0 saturated carbocycles. The maximum atomic E-state index is 4.31. The summed E-state index contributed by atoms with van der Waals surface area (Å²) in [5, 5.41) is 0. The average Bonchev–Trinajstić information content (AvgIpc) is 1.97. The van der Waals surface area contributed by atoms with Crippen LogP contribution in [-0.4, -0.2) is 16.1 Å². The van der Waals surface area contributed by atoms with Crippen LogP contribution in [0.25, 0.3) is 0 Å². The van der Waals surface area contributed by atoms with E-state index in [2.05, 4.69) is 50.5 Å². The van der Waals surface area contributed by atoms with Crippen molar-refractivity contribution in [2.24, 2.45) is 5.92 Å². The van der Waals surface area contributed by atoms with Crippen LogP contribution in [0.4, 0.5) is 0 Å². The second-order valence-electron chi connectivity index (χ2n) is 2.55. The first kappa shape index (κ1) is 12.4. The lowest BCUT2D eigenvalue weighted by Crippen LogP contribution is -2.10. The van der Waals surface area contributed by atoms with Crippen LogP contribution in [0.15, 0.2) is 0 Å². The zero-order valence-corrected chi connectivity index (χ0v) is 10.1. The van der Waals surface area contributed by atoms with Gasteiger partial charge in [0, 0.05) is 4.58 Å². The summed E-state index contributed by atoms with van der Waals surface area (Å²) in [6.45, 7) is 0. The Morgan fingerprint density at radius 1 is 0.909 bits per heavy atom. The lowest BCUT2D eigenvalue weighted by atomic mass is 10.0. The molecule has 0 N–H and O–H groups in total. The fourth-order valence-corrected chi connectivity index (χ4v) is 2.07. The third-order valence-corrected chi connectivity index (χ3v) is 3.07. The van der Waals surface area contributed by atoms with Crippen molar-refractivity contribution in [1.29, 1.82) is 0 Å². The average molecular weight is 228 g/mol. The Morgan fingerprint density at radius 3 is 1.91 bits per heavy atom. The number of hydrogen-bond acceptors (Lipinski definition) is 4. The maximum absolute atomic E-state index is 4.31. The summed E-state index contributed by atoms with van der Waals surface area (Å²) in [7, 11) is 0. The molecule has 0 amide bonds. The number of rotatable bonds is 6. The topological polar surface area (TPSA) is 0 Å². The summed E-state index contributed by atoms with van der Waals surface area (Å²) in [4.78, 5) is 0. The molecule has 0 aliphatic rings. The van der Waals surface area contributed by atoms with Gasteiger partial charge in [-0.2, -0.15) is 50.5 Å². The molecule has 1 unspecified atom stereocenters. The summed E-state index contributed by atoms with van der Waals surface area (Å²) < 4.78 is 0.196. The Hall–Kier alpha value is 1.40. The van der Waals surface area contributed by atoms with Crippen LogP contribution < -0.4 is 0 Å². The zero-order valence-electron chi connectivity index (χ0n) is 6.48. The molecule has 0 bridgehead atoms. The van der Waals surface area contributed by atoms with E-state index in [1.807, 2.05) is 0 Å². The van der Waals surface area contributed by atoms with E-state index in [-0.39, 0.29) is 4.58 Å². The smallest absolute Gasteiger partial charge is 0.0470 e. The Morgan fingerprint density at radius 2 is 1.55 bits per heavy atom. The minimum Gasteiger partial charge on any atom is -0.179 e. The summed E-state index contributed by atoms with van der Waals surface area (Å²) >= 11 is 17.0. The van der Waals surface area contributed by atoms with Crippen molar-refractivity contribution in [3.8, 4) is 0 Å². The van der Waals surface area contributed by atoms with Crippen LogP contribution in [-0.2, 0) is 0 Å². The third-order valence-electron chi connectivity index (χ3n) is 1.65. The van der Waals surface area contributed by atoms with Gasteiger partial charge in [-0.1, -0.05) is 0 Å². The van der Waals surface area contributed by atoms with Gasteiger partial charge in [-0.25, -0.2) is 0 Å². The lowest BCUT2D eigenvalue weighted by Gasteiger charge is -2.17. The van der Waals surface area contributed by atoms with Crippen LogP contribution in [0.3, 0.4) is 0 Å². The molecule has 0 rings (SSSR count). The molecular formula is C7H16S4. The summed E-state index contributed by atoms with van der Waals surface area (Å²) in [5.74, 6) is 2.47. The molecule has 0 saturated heterocycles. The normalized spacial score (nSPS) is 13.9. The quantitative estimate of drug-likeness (QED) is 0.390. The highest BCUT2D eigenvalue weighted by atomic mass is 32.2. The molecule has 68 valence electrons. The van der Waals surface area contributed by atoms with Gasteiger partial charge < -0.3 is 0 Å². The number of hydrogen-bond donors (Lipinski definition) is 4. The fraction of sp³-hybridized carbons (Fsp3) is 1.00. The highest BCUT2D eigenvalue weighted by Crippen LogP contribution is 2.23. The molecule has 0 aromatic rings. The second-order valence-corrected chi connectivity index (χ2v) is 4.97. The Labute approximate surface area is 91.5 Å². The molecule has 0 aromatic carbocycles. The van der Waals surface area contributed by atoms with Gasteiger partial charge in [0.15, 0.2) is 0 Å². The van der Waals surface area contributed by atoms with Crippen molar-refractivity contribution in [3.05, 3.63) is 0 Å². The van der Waals surface area contributed by atoms with E-state index >= 15 is 0 Å². The van der Waals surface area contributed by atoms with Crippen LogP contribution in [0, 0.1) is 5.92 Å². The van der Waals surface area contributed by atoms with Crippen molar-refractivity contribution >= 4 is 50.5 Å². The summed E-state index contributed by atoms with van der Waals surface area (Å²) in [6, 6.07) is 0. The van der Waals surface area contributed by atoms with Gasteiger partial charge in [0.25, 0.3) is 0 Å². The van der Waals surface area contributed by atoms with E-state index in [9.17, 15) is 0 Å². The first-order valence-corrected chi connectivity index (χ1v) is 6.10. The van der Waals surface area contributed by atoms with Crippen LogP contribution >= 0.6 is 50.5 Å². The molecule has 0 spiro atoms. The fourth-order valence-electron chi connectivity index (χ4n) is 0.962. The van der Waals surface area contributed by atoms with Crippen molar-refractivity contribution < 1.29 is 0 Å². The Balaban J connectivity index is 3.51. The predicted octanol–water partition coefficient (Wildman–Crippen LogP) is 2.82. The van der Waals surface area contributed by atoms with Gasteiger partial charge in [0.2, 0.25) is 0 Å². The molecule has 0 aliphatic carbocycles. The molecular weight excluding hydrogens is 212 g/mol. The summed E-state index contributed by atoms with van der Waals surface area (Å²) in [6.07, 6.45) is 3.43. The highest BCUT2D eigenvalue weighted by Gasteiger charge is 2.12. The molecule has 0 nitrogen and oxygen atoms in total. The van der Waals surface area contributed by atoms with Crippen molar-refractivity contribution in [2.45, 2.75) is 23.8 Å². The zero-order chi connectivity index (χ0) is 8.69. The number of thiol groups is 4. The maximum Gasteiger partial charge on any atom is 0.0470 e. The van der Waals surface area contributed by atoms with E-state index in [1.165, 1.54) is 6.42 Å². The van der Waals surface area contributed by atoms with E-state index < -0.39 is 0 Å². The van der Waals surface area contributed by atoms with E-state index in [0.717, 1.165) is 24.3 Å². The molecule has 1 atom stereocenters. The standard InChI is InChI=1S/C7H16S4/c8-4-1-2-6(3-5-9)7(10)11/h6-11H,1-5H2. The van der Waals surface area contributed by atoms with Gasteiger partial charge in [0.1, 0.15) is 0 Å². The van der Waals surface area contributed by atoms with Crippen LogP contribution in [0.2, 0.25) is 0 Å². The molecule has 0 heterocycles. The second kappa shape index (κ2) is 8.02. The Kier molecular flexibility index (Phi) is 9.04. The van der Waals surface area contributed by atoms with E-state index in [4.69, 9.17) is 0 Å². The molecule has 0 aliphatic heterocycles. The SMILES string of the molecule is SCCCC(CCS)C(S)S. The van der Waals surface area contributed by atoms with Crippen LogP contribution in [0.1, 0.15) is 19.3 Å². The van der Waals surface area contributed by atoms with Gasteiger partial charge in [-0.3, -0.25) is 0 Å². The molecule has 0 fully saturated rings. The monoisotopic (exact) mass is 228 g/mol. The highest BCUT2D eigenvalue weighted by molar-refractivity contribution is 7.99. The predicted molar refractivity (Wildman–Crippen MR) is 66.8 cm³/mol. The van der Waals surface area contributed by atoms with E-state index in [0.29, 0.717) is 5.92 Å². The minimum absolute atomic E-state index is 0.196. The van der Waals surface area contributed by atoms with Crippen LogP contribution in [0.5, 0.6) is 0 Å². The van der Waals surface area contributed by atoms with E-state index in [1.54, 1.807) is 0 Å². The largest absolute Gasteiger partial charge is 0.179 e. The molecule has 4 heteroatoms. The van der Waals surface area contributed by atoms with Gasteiger partial charge in [0.05, 0.1) is 0 Å². The summed E-state index contributed by atoms with van der Waals surface area (Å²) in [5.41, 5.74) is 0. The third kappa shape index (κ3) is 6.55. The van der Waals surface area contributed by atoms with Gasteiger partial charge >= 0.3 is 0 Å². The first-order valence-electron chi connectivity index (χ1n) is 3.80. The van der Waals surface area contributed by atoms with Crippen molar-refractivity contribution in [2.75, 3.05) is 11.5 Å². The van der Waals surface area contributed by atoms with Gasteiger partial charge in [-0.15, -0.1) is 0 Å². The van der Waals surface area contributed by atoms with Gasteiger partial charge in [-0.05, 0) is 36.7 Å².